The number of para-hydroxylation sites is 1. The van der Waals surface area contributed by atoms with Crippen LogP contribution in [-0.2, 0) is 9.57 Å². The third-order valence-electron chi connectivity index (χ3n) is 2.40. The van der Waals surface area contributed by atoms with Gasteiger partial charge < -0.3 is 15.6 Å². The van der Waals surface area contributed by atoms with E-state index in [0.717, 1.165) is 0 Å². The minimum atomic E-state index is -0.685. The Kier molecular flexibility index (Phi) is 5.79. The first kappa shape index (κ1) is 16.3. The lowest BCUT2D eigenvalue weighted by atomic mass is 10.1. The minimum Gasteiger partial charge on any atom is -0.508 e. The quantitative estimate of drug-likeness (QED) is 0.720. The van der Waals surface area contributed by atoms with E-state index in [1.807, 2.05) is 0 Å². The van der Waals surface area contributed by atoms with E-state index in [0.29, 0.717) is 18.5 Å². The first-order chi connectivity index (χ1) is 9.33. The number of benzene rings is 1. The summed E-state index contributed by atoms with van der Waals surface area (Å²) < 4.78 is 5.06. The molecule has 0 aliphatic carbocycles. The van der Waals surface area contributed by atoms with Crippen molar-refractivity contribution in [1.82, 2.24) is 5.48 Å². The highest BCUT2D eigenvalue weighted by Crippen LogP contribution is 2.27. The molecule has 1 rings (SSSR count). The molecule has 112 valence electrons. The molecule has 0 fully saturated rings. The van der Waals surface area contributed by atoms with Crippen molar-refractivity contribution in [2.75, 3.05) is 6.54 Å². The second kappa shape index (κ2) is 7.12. The van der Waals surface area contributed by atoms with Crippen molar-refractivity contribution in [3.8, 4) is 5.75 Å². The van der Waals surface area contributed by atoms with Crippen LogP contribution < -0.4 is 11.2 Å². The molecule has 0 bridgehead atoms. The van der Waals surface area contributed by atoms with Crippen LogP contribution >= 0.6 is 0 Å². The lowest BCUT2D eigenvalue weighted by molar-refractivity contribution is -0.0461. The molecule has 0 aliphatic rings. The predicted octanol–water partition coefficient (Wildman–Crippen LogP) is 2.24. The Morgan fingerprint density at radius 2 is 2.05 bits per heavy atom. The predicted molar refractivity (Wildman–Crippen MR) is 75.0 cm³/mol. The van der Waals surface area contributed by atoms with Crippen LogP contribution in [0.5, 0.6) is 5.75 Å². The average Bonchev–Trinajstić information content (AvgIpc) is 2.33. The van der Waals surface area contributed by atoms with E-state index in [-0.39, 0.29) is 5.75 Å². The summed E-state index contributed by atoms with van der Waals surface area (Å²) in [6.07, 6.45) is -0.767. The van der Waals surface area contributed by atoms with Crippen LogP contribution in [0.2, 0.25) is 0 Å². The molecule has 4 N–H and O–H groups in total. The molecule has 1 atom stereocenters. The summed E-state index contributed by atoms with van der Waals surface area (Å²) in [7, 11) is 0. The molecule has 0 radical (unpaired) electrons. The van der Waals surface area contributed by atoms with E-state index in [1.54, 1.807) is 45.0 Å². The molecule has 0 spiro atoms. The van der Waals surface area contributed by atoms with Crippen LogP contribution in [0, 0.1) is 0 Å². The zero-order valence-electron chi connectivity index (χ0n) is 12.1. The Balaban J connectivity index is 2.65. The van der Waals surface area contributed by atoms with E-state index >= 15 is 0 Å². The molecule has 20 heavy (non-hydrogen) atoms. The maximum atomic E-state index is 11.5. The summed E-state index contributed by atoms with van der Waals surface area (Å²) in [5.74, 6) is 0.0944. The van der Waals surface area contributed by atoms with Crippen LogP contribution in [0.1, 0.15) is 38.9 Å². The number of hydrogen-bond donors (Lipinski definition) is 3. The topological polar surface area (TPSA) is 93.8 Å². The van der Waals surface area contributed by atoms with E-state index in [2.05, 4.69) is 5.48 Å². The normalized spacial score (nSPS) is 12.8. The number of hydrogen-bond acceptors (Lipinski definition) is 5. The second-order valence-electron chi connectivity index (χ2n) is 5.35. The number of rotatable bonds is 5. The van der Waals surface area contributed by atoms with Gasteiger partial charge in [-0.25, -0.2) is 4.79 Å². The van der Waals surface area contributed by atoms with Crippen LogP contribution in [0.25, 0.3) is 0 Å². The van der Waals surface area contributed by atoms with Gasteiger partial charge in [0.2, 0.25) is 0 Å². The third-order valence-corrected chi connectivity index (χ3v) is 2.40. The van der Waals surface area contributed by atoms with Gasteiger partial charge >= 0.3 is 6.09 Å². The molecule has 0 aromatic heterocycles. The van der Waals surface area contributed by atoms with Gasteiger partial charge in [0.25, 0.3) is 0 Å². The fourth-order valence-electron chi connectivity index (χ4n) is 1.61. The Morgan fingerprint density at radius 3 is 2.60 bits per heavy atom. The molecule has 1 aromatic carbocycles. The van der Waals surface area contributed by atoms with E-state index in [4.69, 9.17) is 15.3 Å². The summed E-state index contributed by atoms with van der Waals surface area (Å²) in [5, 5.41) is 9.79. The number of ether oxygens (including phenoxy) is 1. The monoisotopic (exact) mass is 282 g/mol. The number of phenols is 1. The summed E-state index contributed by atoms with van der Waals surface area (Å²) in [6, 6.07) is 6.75. The highest BCUT2D eigenvalue weighted by molar-refractivity contribution is 5.66. The van der Waals surface area contributed by atoms with Crippen molar-refractivity contribution in [3.05, 3.63) is 29.8 Å². The van der Waals surface area contributed by atoms with Gasteiger partial charge in [-0.05, 0) is 39.8 Å². The van der Waals surface area contributed by atoms with Gasteiger partial charge in [0.15, 0.2) is 0 Å². The summed E-state index contributed by atoms with van der Waals surface area (Å²) >= 11 is 0. The van der Waals surface area contributed by atoms with Crippen molar-refractivity contribution in [3.63, 3.8) is 0 Å². The first-order valence-electron chi connectivity index (χ1n) is 6.46. The number of carbonyl (C=O) groups is 1. The molecule has 0 aliphatic heterocycles. The van der Waals surface area contributed by atoms with Gasteiger partial charge in [0, 0.05) is 5.56 Å². The zero-order chi connectivity index (χ0) is 15.2. The van der Waals surface area contributed by atoms with Gasteiger partial charge in [0.05, 0.1) is 0 Å². The Bertz CT molecular complexity index is 443. The van der Waals surface area contributed by atoms with Crippen LogP contribution in [-0.4, -0.2) is 23.3 Å². The standard InChI is InChI=1S/C14H22N2O4/c1-14(2,3)19-13(18)16-20-12(8-9-15)10-6-4-5-7-11(10)17/h4-7,12,17H,8-9,15H2,1-3H3,(H,16,18). The molecule has 0 heterocycles. The minimum absolute atomic E-state index is 0.0944. The highest BCUT2D eigenvalue weighted by Gasteiger charge is 2.20. The molecule has 1 amide bonds. The number of hydroxylamine groups is 1. The van der Waals surface area contributed by atoms with Crippen LogP contribution in [0.4, 0.5) is 4.79 Å². The molecule has 6 nitrogen and oxygen atoms in total. The van der Waals surface area contributed by atoms with E-state index < -0.39 is 17.8 Å². The number of nitrogens with two attached hydrogens (primary N) is 1. The van der Waals surface area contributed by atoms with Crippen molar-refractivity contribution in [1.29, 1.82) is 0 Å². The molecule has 1 aromatic rings. The van der Waals surface area contributed by atoms with Gasteiger partial charge in [-0.1, -0.05) is 18.2 Å². The summed E-state index contributed by atoms with van der Waals surface area (Å²) in [6.45, 7) is 5.63. The van der Waals surface area contributed by atoms with Crippen LogP contribution in [0.15, 0.2) is 24.3 Å². The van der Waals surface area contributed by atoms with Crippen LogP contribution in [0.3, 0.4) is 0 Å². The van der Waals surface area contributed by atoms with Crippen molar-refractivity contribution >= 4 is 6.09 Å². The van der Waals surface area contributed by atoms with Crippen molar-refractivity contribution < 1.29 is 19.5 Å². The fourth-order valence-corrected chi connectivity index (χ4v) is 1.61. The van der Waals surface area contributed by atoms with Gasteiger partial charge in [-0.3, -0.25) is 4.84 Å². The maximum absolute atomic E-state index is 11.5. The zero-order valence-corrected chi connectivity index (χ0v) is 12.1. The molecule has 0 saturated carbocycles. The van der Waals surface area contributed by atoms with Gasteiger partial charge in [0.1, 0.15) is 17.5 Å². The number of amides is 1. The Hall–Kier alpha value is -1.79. The molecular formula is C14H22N2O4. The highest BCUT2D eigenvalue weighted by atomic mass is 16.7. The third kappa shape index (κ3) is 5.46. The maximum Gasteiger partial charge on any atom is 0.431 e. The fraction of sp³-hybridized carbons (Fsp3) is 0.500. The van der Waals surface area contributed by atoms with E-state index in [9.17, 15) is 9.90 Å². The van der Waals surface area contributed by atoms with E-state index in [1.165, 1.54) is 0 Å². The molecule has 1 unspecified atom stereocenters. The smallest absolute Gasteiger partial charge is 0.431 e. The van der Waals surface area contributed by atoms with Gasteiger partial charge in [-0.15, -0.1) is 0 Å². The first-order valence-corrected chi connectivity index (χ1v) is 6.46. The summed E-state index contributed by atoms with van der Waals surface area (Å²) in [5.41, 5.74) is 7.70. The van der Waals surface area contributed by atoms with Crippen molar-refractivity contribution in [2.24, 2.45) is 5.73 Å². The lowest BCUT2D eigenvalue weighted by Gasteiger charge is -2.22. The number of phenolic OH excluding ortho intramolecular Hbond substituents is 1. The molecular weight excluding hydrogens is 260 g/mol. The Morgan fingerprint density at radius 1 is 1.40 bits per heavy atom. The molecule has 6 heteroatoms. The number of nitrogens with one attached hydrogen (secondary N) is 1. The SMILES string of the molecule is CC(C)(C)OC(=O)NOC(CCN)c1ccccc1O. The second-order valence-corrected chi connectivity index (χ2v) is 5.35. The summed E-state index contributed by atoms with van der Waals surface area (Å²) in [4.78, 5) is 16.8. The Labute approximate surface area is 118 Å². The van der Waals surface area contributed by atoms with Gasteiger partial charge in [-0.2, -0.15) is 5.48 Å². The largest absolute Gasteiger partial charge is 0.508 e. The molecule has 0 saturated heterocycles. The van der Waals surface area contributed by atoms with Crippen molar-refractivity contribution in [2.45, 2.75) is 38.9 Å². The lowest BCUT2D eigenvalue weighted by Crippen LogP contribution is -2.33. The average molecular weight is 282 g/mol. The number of carbonyl (C=O) groups excluding carboxylic acids is 1. The number of aromatic hydroxyl groups is 1.